The van der Waals surface area contributed by atoms with Crippen LogP contribution < -0.4 is 10.1 Å². The maximum atomic E-state index is 12.5. The van der Waals surface area contributed by atoms with E-state index in [2.05, 4.69) is 39.8 Å². The largest absolute Gasteiger partial charge is 0.495 e. The standard InChI is InChI=1S/C24H19ClN4O2S/c1-13-11-18(19(31-2)12-17(13)25)26-20(30)9-10-32-24-27-22-15-7-3-5-14-6-4-8-16(21(14)15)23(22)28-29-24/h3-8,11-12H,9-10H2,1-2H3,(H,26,30). The highest BCUT2D eigenvalue weighted by Crippen LogP contribution is 2.44. The number of nitrogens with zero attached hydrogens (tertiary/aromatic N) is 3. The molecule has 1 heterocycles. The van der Waals surface area contributed by atoms with Gasteiger partial charge < -0.3 is 10.1 Å². The average molecular weight is 463 g/mol. The molecule has 0 unspecified atom stereocenters. The van der Waals surface area contributed by atoms with Gasteiger partial charge in [0.25, 0.3) is 0 Å². The zero-order valence-electron chi connectivity index (χ0n) is 17.5. The Balaban J connectivity index is 1.27. The van der Waals surface area contributed by atoms with Gasteiger partial charge in [0.1, 0.15) is 17.1 Å². The first kappa shape index (κ1) is 20.7. The van der Waals surface area contributed by atoms with Gasteiger partial charge in [0.15, 0.2) is 0 Å². The van der Waals surface area contributed by atoms with Crippen LogP contribution in [0, 0.1) is 6.92 Å². The second kappa shape index (κ2) is 8.41. The Bertz CT molecular complexity index is 1370. The van der Waals surface area contributed by atoms with Crippen LogP contribution in [0.2, 0.25) is 5.02 Å². The van der Waals surface area contributed by atoms with Crippen molar-refractivity contribution in [3.63, 3.8) is 0 Å². The van der Waals surface area contributed by atoms with E-state index in [4.69, 9.17) is 21.3 Å². The highest BCUT2D eigenvalue weighted by molar-refractivity contribution is 7.99. The lowest BCUT2D eigenvalue weighted by Gasteiger charge is -2.12. The lowest BCUT2D eigenvalue weighted by molar-refractivity contribution is -0.115. The van der Waals surface area contributed by atoms with Crippen LogP contribution in [0.15, 0.2) is 53.7 Å². The number of thioether (sulfide) groups is 1. The van der Waals surface area contributed by atoms with Crippen molar-refractivity contribution in [1.29, 1.82) is 0 Å². The predicted molar refractivity (Wildman–Crippen MR) is 128 cm³/mol. The van der Waals surface area contributed by atoms with Crippen LogP contribution in [0.1, 0.15) is 12.0 Å². The van der Waals surface area contributed by atoms with E-state index in [1.165, 1.54) is 22.5 Å². The van der Waals surface area contributed by atoms with Gasteiger partial charge in [0.05, 0.1) is 12.8 Å². The molecule has 0 saturated carbocycles. The summed E-state index contributed by atoms with van der Waals surface area (Å²) < 4.78 is 5.32. The van der Waals surface area contributed by atoms with Gasteiger partial charge >= 0.3 is 0 Å². The fourth-order valence-electron chi connectivity index (χ4n) is 3.85. The molecule has 0 atom stereocenters. The minimum absolute atomic E-state index is 0.121. The summed E-state index contributed by atoms with van der Waals surface area (Å²) in [7, 11) is 1.55. The molecule has 4 aromatic rings. The van der Waals surface area contributed by atoms with E-state index in [1.807, 2.05) is 19.1 Å². The molecule has 160 valence electrons. The zero-order chi connectivity index (χ0) is 22.2. The van der Waals surface area contributed by atoms with Gasteiger partial charge in [-0.3, -0.25) is 4.79 Å². The van der Waals surface area contributed by atoms with Crippen LogP contribution in [0.25, 0.3) is 33.3 Å². The molecule has 1 aromatic heterocycles. The third kappa shape index (κ3) is 3.67. The summed E-state index contributed by atoms with van der Waals surface area (Å²) in [6.45, 7) is 1.88. The summed E-state index contributed by atoms with van der Waals surface area (Å²) in [5.74, 6) is 0.934. The summed E-state index contributed by atoms with van der Waals surface area (Å²) in [5, 5.41) is 15.1. The van der Waals surface area contributed by atoms with Gasteiger partial charge in [0, 0.05) is 39.8 Å². The van der Waals surface area contributed by atoms with Crippen LogP contribution in [-0.4, -0.2) is 34.0 Å². The molecule has 6 nitrogen and oxygen atoms in total. The van der Waals surface area contributed by atoms with Crippen molar-refractivity contribution in [3.8, 4) is 28.3 Å². The molecular weight excluding hydrogens is 444 g/mol. The number of benzene rings is 3. The van der Waals surface area contributed by atoms with E-state index in [0.717, 1.165) is 28.1 Å². The molecule has 1 aliphatic rings. The van der Waals surface area contributed by atoms with Crippen molar-refractivity contribution < 1.29 is 9.53 Å². The monoisotopic (exact) mass is 462 g/mol. The summed E-state index contributed by atoms with van der Waals surface area (Å²) >= 11 is 7.54. The van der Waals surface area contributed by atoms with E-state index >= 15 is 0 Å². The van der Waals surface area contributed by atoms with Crippen molar-refractivity contribution in [2.24, 2.45) is 0 Å². The Labute approximate surface area is 194 Å². The van der Waals surface area contributed by atoms with Gasteiger partial charge in [-0.15, -0.1) is 10.2 Å². The molecule has 0 bridgehead atoms. The summed E-state index contributed by atoms with van der Waals surface area (Å²) in [4.78, 5) is 17.2. The number of ether oxygens (including phenoxy) is 1. The van der Waals surface area contributed by atoms with E-state index in [-0.39, 0.29) is 5.91 Å². The molecule has 1 N–H and O–H groups in total. The number of rotatable bonds is 6. The maximum absolute atomic E-state index is 12.5. The summed E-state index contributed by atoms with van der Waals surface area (Å²) in [6.07, 6.45) is 0.297. The van der Waals surface area contributed by atoms with E-state index in [1.54, 1.807) is 19.2 Å². The number of carbonyl (C=O) groups excluding carboxylic acids is 1. The summed E-state index contributed by atoms with van der Waals surface area (Å²) in [5.41, 5.74) is 5.27. The molecular formula is C24H19ClN4O2S. The Hall–Kier alpha value is -3.16. The average Bonchev–Trinajstić information content (AvgIpc) is 3.11. The molecule has 8 heteroatoms. The number of hydrogen-bond acceptors (Lipinski definition) is 6. The van der Waals surface area contributed by atoms with Gasteiger partial charge in [-0.25, -0.2) is 4.98 Å². The number of halogens is 1. The van der Waals surface area contributed by atoms with Crippen molar-refractivity contribution in [1.82, 2.24) is 15.2 Å². The third-order valence-electron chi connectivity index (χ3n) is 5.40. The number of carbonyl (C=O) groups is 1. The number of amides is 1. The first-order valence-electron chi connectivity index (χ1n) is 10.1. The van der Waals surface area contributed by atoms with Crippen molar-refractivity contribution in [2.45, 2.75) is 18.5 Å². The van der Waals surface area contributed by atoms with Crippen molar-refractivity contribution in [2.75, 3.05) is 18.2 Å². The van der Waals surface area contributed by atoms with E-state index in [0.29, 0.717) is 33.8 Å². The molecule has 1 amide bonds. The number of aryl methyl sites for hydroxylation is 1. The highest BCUT2D eigenvalue weighted by Gasteiger charge is 2.24. The molecule has 0 fully saturated rings. The van der Waals surface area contributed by atoms with Gasteiger partial charge in [-0.05, 0) is 23.9 Å². The van der Waals surface area contributed by atoms with Crippen molar-refractivity contribution in [3.05, 3.63) is 59.1 Å². The number of aromatic nitrogens is 3. The second-order valence-corrected chi connectivity index (χ2v) is 8.92. The quantitative estimate of drug-likeness (QED) is 0.323. The van der Waals surface area contributed by atoms with Crippen LogP contribution in [-0.2, 0) is 4.79 Å². The van der Waals surface area contributed by atoms with Gasteiger partial charge in [-0.1, -0.05) is 59.8 Å². The Morgan fingerprint density at radius 3 is 2.59 bits per heavy atom. The molecule has 32 heavy (non-hydrogen) atoms. The number of fused-ring (bicyclic) bond motifs is 3. The van der Waals surface area contributed by atoms with Crippen molar-refractivity contribution >= 4 is 45.7 Å². The normalized spacial score (nSPS) is 11.5. The lowest BCUT2D eigenvalue weighted by Crippen LogP contribution is -2.13. The molecule has 0 spiro atoms. The zero-order valence-corrected chi connectivity index (χ0v) is 19.0. The topological polar surface area (TPSA) is 77.0 Å². The van der Waals surface area contributed by atoms with E-state index < -0.39 is 0 Å². The predicted octanol–water partition coefficient (Wildman–Crippen LogP) is 5.76. The molecule has 5 rings (SSSR count). The Morgan fingerprint density at radius 2 is 1.84 bits per heavy atom. The molecule has 0 aliphatic heterocycles. The van der Waals surface area contributed by atoms with Gasteiger partial charge in [0.2, 0.25) is 11.1 Å². The number of methoxy groups -OCH3 is 1. The fourth-order valence-corrected chi connectivity index (χ4v) is 4.73. The Kier molecular flexibility index (Phi) is 5.45. The summed E-state index contributed by atoms with van der Waals surface area (Å²) in [6, 6.07) is 15.9. The minimum atomic E-state index is -0.121. The number of nitrogens with one attached hydrogen (secondary N) is 1. The minimum Gasteiger partial charge on any atom is -0.495 e. The van der Waals surface area contributed by atoms with Crippen LogP contribution >= 0.6 is 23.4 Å². The van der Waals surface area contributed by atoms with Crippen LogP contribution in [0.3, 0.4) is 0 Å². The molecule has 0 radical (unpaired) electrons. The number of anilines is 1. The lowest BCUT2D eigenvalue weighted by atomic mass is 10.0. The number of hydrogen-bond donors (Lipinski definition) is 1. The smallest absolute Gasteiger partial charge is 0.225 e. The first-order valence-corrected chi connectivity index (χ1v) is 11.5. The SMILES string of the molecule is COc1cc(Cl)c(C)cc1NC(=O)CCSc1nnc2c(n1)-c1cccc3cccc-2c13. The third-order valence-corrected chi connectivity index (χ3v) is 6.64. The maximum Gasteiger partial charge on any atom is 0.225 e. The first-order chi connectivity index (χ1) is 15.5. The molecule has 3 aromatic carbocycles. The highest BCUT2D eigenvalue weighted by atomic mass is 35.5. The Morgan fingerprint density at radius 1 is 1.09 bits per heavy atom. The molecule has 1 aliphatic carbocycles. The fraction of sp³-hybridized carbons (Fsp3) is 0.167. The molecule has 0 saturated heterocycles. The second-order valence-electron chi connectivity index (χ2n) is 7.45. The van der Waals surface area contributed by atoms with Gasteiger partial charge in [-0.2, -0.15) is 0 Å². The van der Waals surface area contributed by atoms with Crippen LogP contribution in [0.4, 0.5) is 5.69 Å². The van der Waals surface area contributed by atoms with E-state index in [9.17, 15) is 4.79 Å². The van der Waals surface area contributed by atoms with Crippen LogP contribution in [0.5, 0.6) is 5.75 Å².